The fourth-order valence-corrected chi connectivity index (χ4v) is 3.96. The van der Waals surface area contributed by atoms with Crippen LogP contribution in [-0.2, 0) is 4.79 Å². The van der Waals surface area contributed by atoms with E-state index in [1.807, 2.05) is 19.9 Å². The number of benzene rings is 2. The van der Waals surface area contributed by atoms with Gasteiger partial charge in [-0.05, 0) is 57.0 Å². The van der Waals surface area contributed by atoms with E-state index in [0.717, 1.165) is 10.5 Å². The van der Waals surface area contributed by atoms with Gasteiger partial charge in [-0.2, -0.15) is 0 Å². The van der Waals surface area contributed by atoms with Gasteiger partial charge in [0, 0.05) is 14.9 Å². The van der Waals surface area contributed by atoms with Gasteiger partial charge in [0.25, 0.3) is 0 Å². The van der Waals surface area contributed by atoms with Crippen molar-refractivity contribution in [1.29, 1.82) is 0 Å². The molecule has 0 aliphatic rings. The molecule has 0 aromatic heterocycles. The molecule has 0 bridgehead atoms. The van der Waals surface area contributed by atoms with E-state index in [0.29, 0.717) is 10.0 Å². The molecule has 1 amide bonds. The molecule has 0 radical (unpaired) electrons. The largest absolute Gasteiger partial charge is 0.349 e. The highest BCUT2D eigenvalue weighted by Gasteiger charge is 2.19. The van der Waals surface area contributed by atoms with Crippen LogP contribution in [0.5, 0.6) is 0 Å². The van der Waals surface area contributed by atoms with E-state index in [-0.39, 0.29) is 17.2 Å². The number of hydrogen-bond acceptors (Lipinski definition) is 2. The topological polar surface area (TPSA) is 29.1 Å². The summed E-state index contributed by atoms with van der Waals surface area (Å²) < 4.78 is 0. The average Bonchev–Trinajstić information content (AvgIpc) is 2.49. The lowest BCUT2D eigenvalue weighted by Gasteiger charge is -2.19. The third-order valence-corrected chi connectivity index (χ3v) is 5.63. The van der Waals surface area contributed by atoms with E-state index in [1.165, 1.54) is 11.1 Å². The van der Waals surface area contributed by atoms with Gasteiger partial charge in [0.1, 0.15) is 0 Å². The minimum absolute atomic E-state index is 0.0153. The third-order valence-electron chi connectivity index (χ3n) is 3.79. The van der Waals surface area contributed by atoms with Crippen molar-refractivity contribution in [2.24, 2.45) is 0 Å². The quantitative estimate of drug-likeness (QED) is 0.646. The van der Waals surface area contributed by atoms with Crippen molar-refractivity contribution in [1.82, 2.24) is 5.32 Å². The van der Waals surface area contributed by atoms with Crippen molar-refractivity contribution < 1.29 is 4.79 Å². The normalized spacial score (nSPS) is 13.4. The van der Waals surface area contributed by atoms with Crippen molar-refractivity contribution in [3.05, 3.63) is 63.1 Å². The van der Waals surface area contributed by atoms with Crippen LogP contribution in [0.25, 0.3) is 0 Å². The van der Waals surface area contributed by atoms with Crippen LogP contribution in [0.15, 0.2) is 41.3 Å². The first-order valence-corrected chi connectivity index (χ1v) is 9.40. The van der Waals surface area contributed by atoms with E-state index >= 15 is 0 Å². The second-order valence-electron chi connectivity index (χ2n) is 5.93. The summed E-state index contributed by atoms with van der Waals surface area (Å²) in [5.41, 5.74) is 3.27. The number of halogens is 2. The molecule has 0 aliphatic carbocycles. The molecule has 2 aromatic carbocycles. The Bertz CT molecular complexity index is 748. The van der Waals surface area contributed by atoms with E-state index < -0.39 is 0 Å². The highest BCUT2D eigenvalue weighted by molar-refractivity contribution is 8.00. The van der Waals surface area contributed by atoms with E-state index in [2.05, 4.69) is 37.4 Å². The van der Waals surface area contributed by atoms with Crippen molar-refractivity contribution in [2.45, 2.75) is 43.9 Å². The number of carbonyl (C=O) groups is 1. The van der Waals surface area contributed by atoms with Crippen LogP contribution in [0.2, 0.25) is 10.0 Å². The van der Waals surface area contributed by atoms with E-state index in [9.17, 15) is 4.79 Å². The SMILES string of the molecule is Cc1ccc(SC(C)C(=O)NC(C)c2ccc(Cl)cc2Cl)c(C)c1. The molecule has 1 N–H and O–H groups in total. The fraction of sp³-hybridized carbons (Fsp3) is 0.316. The summed E-state index contributed by atoms with van der Waals surface area (Å²) in [5, 5.41) is 3.97. The molecular weight excluding hydrogens is 361 g/mol. The molecule has 128 valence electrons. The van der Waals surface area contributed by atoms with Crippen LogP contribution < -0.4 is 5.32 Å². The zero-order chi connectivity index (χ0) is 17.9. The smallest absolute Gasteiger partial charge is 0.233 e. The van der Waals surface area contributed by atoms with Crippen LogP contribution in [0.4, 0.5) is 0 Å². The zero-order valence-corrected chi connectivity index (χ0v) is 16.5. The van der Waals surface area contributed by atoms with Gasteiger partial charge < -0.3 is 5.32 Å². The Morgan fingerprint density at radius 3 is 2.42 bits per heavy atom. The van der Waals surface area contributed by atoms with Crippen LogP contribution >= 0.6 is 35.0 Å². The molecule has 0 aliphatic heterocycles. The molecular formula is C19H21Cl2NOS. The van der Waals surface area contributed by atoms with Gasteiger partial charge in [-0.25, -0.2) is 0 Å². The van der Waals surface area contributed by atoms with Crippen molar-refractivity contribution in [3.8, 4) is 0 Å². The fourth-order valence-electron chi connectivity index (χ4n) is 2.44. The number of rotatable bonds is 5. The zero-order valence-electron chi connectivity index (χ0n) is 14.2. The minimum atomic E-state index is -0.195. The highest BCUT2D eigenvalue weighted by Crippen LogP contribution is 2.29. The minimum Gasteiger partial charge on any atom is -0.349 e. The Morgan fingerprint density at radius 2 is 1.79 bits per heavy atom. The van der Waals surface area contributed by atoms with Gasteiger partial charge >= 0.3 is 0 Å². The summed E-state index contributed by atoms with van der Waals surface area (Å²) in [6.45, 7) is 7.96. The Balaban J connectivity index is 2.02. The number of aryl methyl sites for hydroxylation is 2. The van der Waals surface area contributed by atoms with Crippen molar-refractivity contribution in [3.63, 3.8) is 0 Å². The van der Waals surface area contributed by atoms with Crippen LogP contribution in [0.3, 0.4) is 0 Å². The van der Waals surface area contributed by atoms with E-state index in [4.69, 9.17) is 23.2 Å². The third kappa shape index (κ3) is 4.92. The van der Waals surface area contributed by atoms with Gasteiger partial charge in [0.15, 0.2) is 0 Å². The van der Waals surface area contributed by atoms with E-state index in [1.54, 1.807) is 23.9 Å². The summed E-state index contributed by atoms with van der Waals surface area (Å²) in [6.07, 6.45) is 0. The standard InChI is InChI=1S/C19H21Cl2NOS/c1-11-5-8-18(12(2)9-11)24-14(4)19(23)22-13(3)16-7-6-15(20)10-17(16)21/h5-10,13-14H,1-4H3,(H,22,23). The first-order valence-electron chi connectivity index (χ1n) is 7.77. The highest BCUT2D eigenvalue weighted by atomic mass is 35.5. The number of amides is 1. The maximum atomic E-state index is 12.5. The predicted molar refractivity (Wildman–Crippen MR) is 104 cm³/mol. The molecule has 2 unspecified atom stereocenters. The van der Waals surface area contributed by atoms with Crippen LogP contribution in [-0.4, -0.2) is 11.2 Å². The summed E-state index contributed by atoms with van der Waals surface area (Å²) in [4.78, 5) is 13.6. The average molecular weight is 382 g/mol. The molecule has 24 heavy (non-hydrogen) atoms. The molecule has 0 saturated carbocycles. The molecule has 2 atom stereocenters. The predicted octanol–water partition coefficient (Wildman–Crippen LogP) is 5.97. The van der Waals surface area contributed by atoms with Gasteiger partial charge in [-0.15, -0.1) is 11.8 Å². The lowest BCUT2D eigenvalue weighted by atomic mass is 10.1. The molecule has 0 heterocycles. The molecule has 5 heteroatoms. The Kier molecular flexibility index (Phi) is 6.62. The molecule has 2 rings (SSSR count). The molecule has 0 saturated heterocycles. The Hall–Kier alpha value is -1.16. The summed E-state index contributed by atoms with van der Waals surface area (Å²) in [7, 11) is 0. The first kappa shape index (κ1) is 19.2. The second kappa shape index (κ2) is 8.28. The first-order chi connectivity index (χ1) is 11.3. The maximum Gasteiger partial charge on any atom is 0.233 e. The Morgan fingerprint density at radius 1 is 1.08 bits per heavy atom. The number of nitrogens with one attached hydrogen (secondary N) is 1. The Labute approximate surface area is 157 Å². The van der Waals surface area contributed by atoms with Crippen molar-refractivity contribution in [2.75, 3.05) is 0 Å². The van der Waals surface area contributed by atoms with Gasteiger partial charge in [-0.3, -0.25) is 4.79 Å². The van der Waals surface area contributed by atoms with Gasteiger partial charge in [-0.1, -0.05) is 47.0 Å². The van der Waals surface area contributed by atoms with Crippen LogP contribution in [0, 0.1) is 13.8 Å². The summed E-state index contributed by atoms with van der Waals surface area (Å²) in [5.74, 6) is -0.0153. The maximum absolute atomic E-state index is 12.5. The second-order valence-corrected chi connectivity index (χ2v) is 8.15. The summed E-state index contributed by atoms with van der Waals surface area (Å²) >= 11 is 13.7. The lowest BCUT2D eigenvalue weighted by molar-refractivity contribution is -0.120. The lowest BCUT2D eigenvalue weighted by Crippen LogP contribution is -2.33. The molecule has 0 spiro atoms. The van der Waals surface area contributed by atoms with Crippen LogP contribution in [0.1, 0.15) is 36.6 Å². The molecule has 2 nitrogen and oxygen atoms in total. The molecule has 2 aromatic rings. The number of hydrogen-bond donors (Lipinski definition) is 1. The van der Waals surface area contributed by atoms with Gasteiger partial charge in [0.05, 0.1) is 11.3 Å². The molecule has 0 fully saturated rings. The van der Waals surface area contributed by atoms with Crippen molar-refractivity contribution >= 4 is 40.9 Å². The monoisotopic (exact) mass is 381 g/mol. The summed E-state index contributed by atoms with van der Waals surface area (Å²) in [6, 6.07) is 11.4. The number of carbonyl (C=O) groups excluding carboxylic acids is 1. The van der Waals surface area contributed by atoms with Gasteiger partial charge in [0.2, 0.25) is 5.91 Å². The number of thioether (sulfide) groups is 1.